The fourth-order valence-corrected chi connectivity index (χ4v) is 5.17. The molecular weight excluding hydrogens is 354 g/mol. The van der Waals surface area contributed by atoms with Crippen LogP contribution < -0.4 is 0 Å². The Kier molecular flexibility index (Phi) is 4.20. The number of fused-ring (bicyclic) bond motifs is 5. The number of cyclic esters (lactones) is 1. The molecule has 0 aromatic heterocycles. The molecule has 3 heterocycles. The molecule has 2 fully saturated rings. The van der Waals surface area contributed by atoms with E-state index in [-0.39, 0.29) is 30.1 Å². The lowest BCUT2D eigenvalue weighted by Gasteiger charge is -2.48. The molecule has 0 spiro atoms. The first-order valence-corrected chi connectivity index (χ1v) is 9.93. The summed E-state index contributed by atoms with van der Waals surface area (Å²) in [6.45, 7) is 2.84. The summed E-state index contributed by atoms with van der Waals surface area (Å²) in [6.07, 6.45) is 0.884. The molecule has 0 saturated carbocycles. The van der Waals surface area contributed by atoms with Gasteiger partial charge in [0.1, 0.15) is 18.1 Å². The third kappa shape index (κ3) is 2.73. The van der Waals surface area contributed by atoms with Crippen LogP contribution in [0, 0.1) is 5.92 Å². The standard InChI is InChI=1S/C23H23NO4/c1-14-21-20(23(26)27-14)19(28-22(25)16-8-3-2-4-9-16)13-18-17-10-6-5-7-15(17)11-12-24(18)21/h2-10,14,18-21H,11-13H2,1H3/t14-,18-,19-,20-,21+/m0/s1. The molecule has 5 rings (SSSR count). The Morgan fingerprint density at radius 3 is 2.68 bits per heavy atom. The van der Waals surface area contributed by atoms with Crippen LogP contribution in [-0.2, 0) is 20.7 Å². The Morgan fingerprint density at radius 2 is 1.86 bits per heavy atom. The van der Waals surface area contributed by atoms with Gasteiger partial charge in [0.2, 0.25) is 0 Å². The monoisotopic (exact) mass is 377 g/mol. The van der Waals surface area contributed by atoms with Crippen LogP contribution in [0.4, 0.5) is 0 Å². The van der Waals surface area contributed by atoms with Crippen molar-refractivity contribution >= 4 is 11.9 Å². The molecule has 0 N–H and O–H groups in total. The van der Waals surface area contributed by atoms with Crippen LogP contribution in [0.1, 0.15) is 40.9 Å². The number of ether oxygens (including phenoxy) is 2. The van der Waals surface area contributed by atoms with Crippen molar-refractivity contribution in [2.75, 3.05) is 6.54 Å². The van der Waals surface area contributed by atoms with Crippen molar-refractivity contribution in [1.82, 2.24) is 4.90 Å². The van der Waals surface area contributed by atoms with E-state index in [2.05, 4.69) is 29.2 Å². The number of benzene rings is 2. The van der Waals surface area contributed by atoms with Gasteiger partial charge in [-0.1, -0.05) is 42.5 Å². The van der Waals surface area contributed by atoms with Crippen molar-refractivity contribution in [3.05, 3.63) is 71.3 Å². The van der Waals surface area contributed by atoms with Crippen LogP contribution in [0.2, 0.25) is 0 Å². The van der Waals surface area contributed by atoms with Crippen molar-refractivity contribution in [2.24, 2.45) is 5.92 Å². The normalized spacial score (nSPS) is 31.3. The van der Waals surface area contributed by atoms with Crippen LogP contribution in [0.5, 0.6) is 0 Å². The number of nitrogens with zero attached hydrogens (tertiary/aromatic N) is 1. The molecule has 2 aromatic rings. The molecule has 144 valence electrons. The number of hydrogen-bond acceptors (Lipinski definition) is 5. The van der Waals surface area contributed by atoms with Crippen molar-refractivity contribution < 1.29 is 19.1 Å². The largest absolute Gasteiger partial charge is 0.461 e. The maximum absolute atomic E-state index is 12.7. The third-order valence-corrected chi connectivity index (χ3v) is 6.38. The number of carbonyl (C=O) groups excluding carboxylic acids is 2. The molecule has 3 aliphatic rings. The van der Waals surface area contributed by atoms with Gasteiger partial charge in [0.05, 0.1) is 11.6 Å². The first-order valence-electron chi connectivity index (χ1n) is 9.93. The molecule has 5 nitrogen and oxygen atoms in total. The summed E-state index contributed by atoms with van der Waals surface area (Å²) < 4.78 is 11.5. The number of piperidine rings is 1. The summed E-state index contributed by atoms with van der Waals surface area (Å²) >= 11 is 0. The van der Waals surface area contributed by atoms with E-state index in [9.17, 15) is 9.59 Å². The molecule has 5 atom stereocenters. The van der Waals surface area contributed by atoms with Gasteiger partial charge in [-0.15, -0.1) is 0 Å². The fraction of sp³-hybridized carbons (Fsp3) is 0.391. The zero-order chi connectivity index (χ0) is 19.3. The van der Waals surface area contributed by atoms with Gasteiger partial charge in [0.15, 0.2) is 0 Å². The SMILES string of the molecule is C[C@@H]1OC(=O)[C@@H]2[C@@H]1N1CCc3ccccc3[C@@H]1C[C@@H]2OC(=O)c1ccccc1. The van der Waals surface area contributed by atoms with E-state index in [1.165, 1.54) is 11.1 Å². The maximum Gasteiger partial charge on any atom is 0.338 e. The number of esters is 2. The van der Waals surface area contributed by atoms with E-state index in [1.54, 1.807) is 12.1 Å². The predicted molar refractivity (Wildman–Crippen MR) is 103 cm³/mol. The highest BCUT2D eigenvalue weighted by molar-refractivity contribution is 5.89. The van der Waals surface area contributed by atoms with Crippen LogP contribution in [0.3, 0.4) is 0 Å². The molecule has 5 heteroatoms. The third-order valence-electron chi connectivity index (χ3n) is 6.38. The molecular formula is C23H23NO4. The number of rotatable bonds is 2. The topological polar surface area (TPSA) is 55.8 Å². The number of carbonyl (C=O) groups is 2. The molecule has 0 unspecified atom stereocenters. The lowest BCUT2D eigenvalue weighted by molar-refractivity contribution is -0.147. The van der Waals surface area contributed by atoms with Gasteiger partial charge in [0, 0.05) is 19.0 Å². The van der Waals surface area contributed by atoms with E-state index in [0.29, 0.717) is 12.0 Å². The van der Waals surface area contributed by atoms with Crippen molar-refractivity contribution in [2.45, 2.75) is 44.1 Å². The van der Waals surface area contributed by atoms with E-state index in [1.807, 2.05) is 25.1 Å². The summed E-state index contributed by atoms with van der Waals surface area (Å²) in [5.74, 6) is -1.06. The first kappa shape index (κ1) is 17.4. The van der Waals surface area contributed by atoms with Crippen LogP contribution in [0.15, 0.2) is 54.6 Å². The zero-order valence-electron chi connectivity index (χ0n) is 15.8. The highest BCUT2D eigenvalue weighted by atomic mass is 16.6. The van der Waals surface area contributed by atoms with E-state index in [4.69, 9.17) is 9.47 Å². The van der Waals surface area contributed by atoms with Crippen LogP contribution in [-0.4, -0.2) is 41.6 Å². The minimum Gasteiger partial charge on any atom is -0.461 e. The van der Waals surface area contributed by atoms with Gasteiger partial charge >= 0.3 is 11.9 Å². The van der Waals surface area contributed by atoms with Crippen molar-refractivity contribution in [3.63, 3.8) is 0 Å². The Labute approximate surface area is 164 Å². The van der Waals surface area contributed by atoms with Gasteiger partial charge < -0.3 is 9.47 Å². The Hall–Kier alpha value is -2.66. The molecule has 28 heavy (non-hydrogen) atoms. The first-order chi connectivity index (χ1) is 13.6. The highest BCUT2D eigenvalue weighted by Crippen LogP contribution is 2.46. The fourth-order valence-electron chi connectivity index (χ4n) is 5.17. The van der Waals surface area contributed by atoms with E-state index < -0.39 is 12.0 Å². The van der Waals surface area contributed by atoms with Gasteiger partial charge in [-0.25, -0.2) is 4.79 Å². The van der Waals surface area contributed by atoms with Crippen molar-refractivity contribution in [3.8, 4) is 0 Å². The second-order valence-electron chi connectivity index (χ2n) is 7.91. The quantitative estimate of drug-likeness (QED) is 0.753. The highest BCUT2D eigenvalue weighted by Gasteiger charge is 2.57. The summed E-state index contributed by atoms with van der Waals surface area (Å²) in [5, 5.41) is 0. The molecule has 0 amide bonds. The number of hydrogen-bond donors (Lipinski definition) is 0. The van der Waals surface area contributed by atoms with Gasteiger partial charge in [0.25, 0.3) is 0 Å². The lowest BCUT2D eigenvalue weighted by atomic mass is 9.77. The molecule has 0 radical (unpaired) electrons. The second kappa shape index (κ2) is 6.74. The molecule has 2 aromatic carbocycles. The minimum atomic E-state index is -0.484. The van der Waals surface area contributed by atoms with E-state index >= 15 is 0 Å². The summed E-state index contributed by atoms with van der Waals surface area (Å²) in [7, 11) is 0. The summed E-state index contributed by atoms with van der Waals surface area (Å²) in [6, 6.07) is 17.5. The molecule has 0 aliphatic carbocycles. The average Bonchev–Trinajstić information content (AvgIpc) is 3.03. The maximum atomic E-state index is 12.7. The predicted octanol–water partition coefficient (Wildman–Crippen LogP) is 3.15. The Balaban J connectivity index is 1.49. The van der Waals surface area contributed by atoms with Gasteiger partial charge in [-0.2, -0.15) is 0 Å². The van der Waals surface area contributed by atoms with Crippen molar-refractivity contribution in [1.29, 1.82) is 0 Å². The van der Waals surface area contributed by atoms with Crippen LogP contribution in [0.25, 0.3) is 0 Å². The second-order valence-corrected chi connectivity index (χ2v) is 7.91. The average molecular weight is 377 g/mol. The minimum absolute atomic E-state index is 0.0619. The lowest BCUT2D eigenvalue weighted by Crippen LogP contribution is -2.57. The smallest absolute Gasteiger partial charge is 0.338 e. The van der Waals surface area contributed by atoms with Crippen LogP contribution >= 0.6 is 0 Å². The molecule has 2 saturated heterocycles. The molecule has 3 aliphatic heterocycles. The van der Waals surface area contributed by atoms with E-state index in [0.717, 1.165) is 13.0 Å². The van der Waals surface area contributed by atoms with Gasteiger partial charge in [-0.05, 0) is 36.6 Å². The molecule has 0 bridgehead atoms. The summed E-state index contributed by atoms with van der Waals surface area (Å²) in [5.41, 5.74) is 3.12. The Morgan fingerprint density at radius 1 is 1.11 bits per heavy atom. The summed E-state index contributed by atoms with van der Waals surface area (Å²) in [4.78, 5) is 27.7. The zero-order valence-corrected chi connectivity index (χ0v) is 15.8. The van der Waals surface area contributed by atoms with Gasteiger partial charge in [-0.3, -0.25) is 9.69 Å². The Bertz CT molecular complexity index is 912.